The highest BCUT2D eigenvalue weighted by Crippen LogP contribution is 2.32. The fourth-order valence-corrected chi connectivity index (χ4v) is 2.47. The highest BCUT2D eigenvalue weighted by molar-refractivity contribution is 5.90. The van der Waals surface area contributed by atoms with Crippen molar-refractivity contribution in [2.24, 2.45) is 0 Å². The summed E-state index contributed by atoms with van der Waals surface area (Å²) in [5, 5.41) is 10.0. The molecule has 1 N–H and O–H groups in total. The van der Waals surface area contributed by atoms with E-state index in [0.717, 1.165) is 5.56 Å². The summed E-state index contributed by atoms with van der Waals surface area (Å²) < 4.78 is 23.0. The first-order valence-electron chi connectivity index (χ1n) is 6.37. The first-order valence-corrected chi connectivity index (χ1v) is 6.37. The zero-order valence-corrected chi connectivity index (χ0v) is 11.5. The summed E-state index contributed by atoms with van der Waals surface area (Å²) in [6.07, 6.45) is 0.671. The van der Waals surface area contributed by atoms with Gasteiger partial charge in [-0.2, -0.15) is 0 Å². The number of benzene rings is 1. The number of aliphatic hydroxyl groups excluding tert-OH is 1. The Balaban J connectivity index is 2.34. The number of methoxy groups -OCH3 is 2. The molecule has 0 saturated carbocycles. The summed E-state index contributed by atoms with van der Waals surface area (Å²) in [4.78, 5) is 11.7. The monoisotopic (exact) mass is 280 g/mol. The van der Waals surface area contributed by atoms with Crippen molar-refractivity contribution >= 4 is 5.97 Å². The standard InChI is InChI=1S/C15H17FO4/c1-19-14-8-10(16)4-3-9(14)7-12-11(15(18)20-2)5-6-13(12)17/h3-4,8,13,17H,5-7H2,1-2H3. The van der Waals surface area contributed by atoms with E-state index in [1.54, 1.807) is 6.07 Å². The van der Waals surface area contributed by atoms with Gasteiger partial charge in [-0.3, -0.25) is 0 Å². The van der Waals surface area contributed by atoms with Crippen molar-refractivity contribution in [3.8, 4) is 5.75 Å². The molecule has 1 unspecified atom stereocenters. The number of carbonyl (C=O) groups is 1. The molecule has 1 aliphatic carbocycles. The van der Waals surface area contributed by atoms with E-state index in [-0.39, 0.29) is 5.82 Å². The quantitative estimate of drug-likeness (QED) is 0.857. The molecular formula is C15H17FO4. The molecule has 0 amide bonds. The van der Waals surface area contributed by atoms with E-state index in [1.165, 1.54) is 26.4 Å². The summed E-state index contributed by atoms with van der Waals surface area (Å²) in [5.74, 6) is -0.404. The molecule has 5 heteroatoms. The van der Waals surface area contributed by atoms with Crippen molar-refractivity contribution in [3.05, 3.63) is 40.7 Å². The van der Waals surface area contributed by atoms with Gasteiger partial charge in [-0.1, -0.05) is 6.07 Å². The van der Waals surface area contributed by atoms with Gasteiger partial charge in [0.1, 0.15) is 11.6 Å². The Morgan fingerprint density at radius 2 is 2.20 bits per heavy atom. The van der Waals surface area contributed by atoms with Crippen LogP contribution < -0.4 is 4.74 Å². The second-order valence-electron chi connectivity index (χ2n) is 4.68. The third-order valence-corrected chi connectivity index (χ3v) is 3.52. The highest BCUT2D eigenvalue weighted by atomic mass is 19.1. The van der Waals surface area contributed by atoms with Crippen LogP contribution in [0.15, 0.2) is 29.3 Å². The molecule has 1 aliphatic rings. The Labute approximate surface area is 116 Å². The van der Waals surface area contributed by atoms with Gasteiger partial charge in [0.25, 0.3) is 0 Å². The lowest BCUT2D eigenvalue weighted by Crippen LogP contribution is -2.11. The molecule has 0 radical (unpaired) electrons. The number of ether oxygens (including phenoxy) is 2. The fraction of sp³-hybridized carbons (Fsp3) is 0.400. The SMILES string of the molecule is COC(=O)C1=C(Cc2ccc(F)cc2OC)C(O)CC1. The minimum atomic E-state index is -0.668. The highest BCUT2D eigenvalue weighted by Gasteiger charge is 2.29. The van der Waals surface area contributed by atoms with E-state index in [2.05, 4.69) is 0 Å². The van der Waals surface area contributed by atoms with Crippen molar-refractivity contribution in [2.45, 2.75) is 25.4 Å². The number of hydrogen-bond acceptors (Lipinski definition) is 4. The number of esters is 1. The maximum atomic E-state index is 13.2. The Morgan fingerprint density at radius 3 is 2.85 bits per heavy atom. The first kappa shape index (κ1) is 14.5. The van der Waals surface area contributed by atoms with Crippen LogP contribution in [0.5, 0.6) is 5.75 Å². The second-order valence-corrected chi connectivity index (χ2v) is 4.68. The van der Waals surface area contributed by atoms with Crippen LogP contribution >= 0.6 is 0 Å². The van der Waals surface area contributed by atoms with Crippen LogP contribution in [0.2, 0.25) is 0 Å². The van der Waals surface area contributed by atoms with Gasteiger partial charge in [0.2, 0.25) is 0 Å². The minimum Gasteiger partial charge on any atom is -0.496 e. The van der Waals surface area contributed by atoms with E-state index in [0.29, 0.717) is 36.2 Å². The molecule has 1 aromatic carbocycles. The van der Waals surface area contributed by atoms with Gasteiger partial charge in [0.05, 0.1) is 20.3 Å². The third-order valence-electron chi connectivity index (χ3n) is 3.52. The van der Waals surface area contributed by atoms with Crippen LogP contribution in [-0.2, 0) is 16.0 Å². The van der Waals surface area contributed by atoms with Crippen molar-refractivity contribution in [3.63, 3.8) is 0 Å². The van der Waals surface area contributed by atoms with Gasteiger partial charge >= 0.3 is 5.97 Å². The van der Waals surface area contributed by atoms with Gasteiger partial charge in [-0.25, -0.2) is 9.18 Å². The van der Waals surface area contributed by atoms with Gasteiger partial charge in [0, 0.05) is 18.1 Å². The summed E-state index contributed by atoms with van der Waals surface area (Å²) >= 11 is 0. The molecule has 0 aliphatic heterocycles. The van der Waals surface area contributed by atoms with E-state index in [9.17, 15) is 14.3 Å². The molecule has 0 fully saturated rings. The molecule has 4 nitrogen and oxygen atoms in total. The maximum absolute atomic E-state index is 13.2. The molecule has 0 saturated heterocycles. The summed E-state index contributed by atoms with van der Waals surface area (Å²) in [7, 11) is 2.77. The van der Waals surface area contributed by atoms with Crippen LogP contribution in [0.1, 0.15) is 18.4 Å². The van der Waals surface area contributed by atoms with Crippen molar-refractivity contribution in [2.75, 3.05) is 14.2 Å². The van der Waals surface area contributed by atoms with Crippen LogP contribution in [-0.4, -0.2) is 31.4 Å². The van der Waals surface area contributed by atoms with Gasteiger partial charge in [-0.05, 0) is 30.0 Å². The minimum absolute atomic E-state index is 0.342. The maximum Gasteiger partial charge on any atom is 0.333 e. The number of aliphatic hydroxyl groups is 1. The fourth-order valence-electron chi connectivity index (χ4n) is 2.47. The second kappa shape index (κ2) is 6.05. The molecule has 2 rings (SSSR count). The smallest absolute Gasteiger partial charge is 0.333 e. The van der Waals surface area contributed by atoms with Crippen LogP contribution in [0.25, 0.3) is 0 Å². The van der Waals surface area contributed by atoms with Crippen LogP contribution in [0.4, 0.5) is 4.39 Å². The first-order chi connectivity index (χ1) is 9.56. The van der Waals surface area contributed by atoms with Crippen LogP contribution in [0.3, 0.4) is 0 Å². The molecular weight excluding hydrogens is 263 g/mol. The van der Waals surface area contributed by atoms with Crippen molar-refractivity contribution in [1.82, 2.24) is 0 Å². The van der Waals surface area contributed by atoms with E-state index in [4.69, 9.17) is 9.47 Å². The molecule has 0 heterocycles. The Bertz CT molecular complexity index is 551. The van der Waals surface area contributed by atoms with E-state index in [1.807, 2.05) is 0 Å². The zero-order valence-electron chi connectivity index (χ0n) is 11.5. The number of hydrogen-bond donors (Lipinski definition) is 1. The molecule has 1 atom stereocenters. The molecule has 1 aromatic rings. The molecule has 20 heavy (non-hydrogen) atoms. The Morgan fingerprint density at radius 1 is 1.45 bits per heavy atom. The number of halogens is 1. The zero-order chi connectivity index (χ0) is 14.7. The average Bonchev–Trinajstić information content (AvgIpc) is 2.81. The number of carbonyl (C=O) groups excluding carboxylic acids is 1. The summed E-state index contributed by atoms with van der Waals surface area (Å²) in [5.41, 5.74) is 1.86. The van der Waals surface area contributed by atoms with E-state index >= 15 is 0 Å². The normalized spacial score (nSPS) is 18.3. The van der Waals surface area contributed by atoms with E-state index < -0.39 is 12.1 Å². The average molecular weight is 280 g/mol. The van der Waals surface area contributed by atoms with Crippen molar-refractivity contribution < 1.29 is 23.8 Å². The van der Waals surface area contributed by atoms with Gasteiger partial charge < -0.3 is 14.6 Å². The van der Waals surface area contributed by atoms with Gasteiger partial charge in [-0.15, -0.1) is 0 Å². The largest absolute Gasteiger partial charge is 0.496 e. The number of rotatable bonds is 4. The predicted octanol–water partition coefficient (Wildman–Crippen LogP) is 2.00. The Hall–Kier alpha value is -1.88. The topological polar surface area (TPSA) is 55.8 Å². The molecule has 108 valence electrons. The van der Waals surface area contributed by atoms with Crippen molar-refractivity contribution in [1.29, 1.82) is 0 Å². The lowest BCUT2D eigenvalue weighted by atomic mass is 9.99. The molecule has 0 spiro atoms. The molecule has 0 aromatic heterocycles. The lowest BCUT2D eigenvalue weighted by Gasteiger charge is -2.13. The van der Waals surface area contributed by atoms with Gasteiger partial charge in [0.15, 0.2) is 0 Å². The Kier molecular flexibility index (Phi) is 4.39. The summed E-state index contributed by atoms with van der Waals surface area (Å²) in [6.45, 7) is 0. The predicted molar refractivity (Wildman–Crippen MR) is 70.9 cm³/mol. The summed E-state index contributed by atoms with van der Waals surface area (Å²) in [6, 6.07) is 4.22. The molecule has 0 bridgehead atoms. The van der Waals surface area contributed by atoms with Crippen LogP contribution in [0, 0.1) is 5.82 Å². The third kappa shape index (κ3) is 2.82. The lowest BCUT2D eigenvalue weighted by molar-refractivity contribution is -0.136.